The third-order valence-corrected chi connectivity index (χ3v) is 5.41. The van der Waals surface area contributed by atoms with Crippen LogP contribution in [0, 0.1) is 12.3 Å². The van der Waals surface area contributed by atoms with Gasteiger partial charge in [0.1, 0.15) is 0 Å². The van der Waals surface area contributed by atoms with E-state index in [0.29, 0.717) is 0 Å². The van der Waals surface area contributed by atoms with Gasteiger partial charge < -0.3 is 10.6 Å². The second-order valence-corrected chi connectivity index (χ2v) is 7.16. The smallest absolute Gasteiger partial charge is 0.240 e. The molecular formula is C18H26N2O. The fraction of sp³-hybridized carbons (Fsp3) is 0.611. The Kier molecular flexibility index (Phi) is 3.78. The Labute approximate surface area is 127 Å². The van der Waals surface area contributed by atoms with Gasteiger partial charge in [0.25, 0.3) is 0 Å². The monoisotopic (exact) mass is 286 g/mol. The molecule has 1 saturated carbocycles. The Morgan fingerprint density at radius 3 is 2.57 bits per heavy atom. The molecule has 2 aliphatic rings. The molecule has 1 atom stereocenters. The third-order valence-electron chi connectivity index (χ3n) is 5.41. The molecule has 0 unspecified atom stereocenters. The summed E-state index contributed by atoms with van der Waals surface area (Å²) >= 11 is 0. The van der Waals surface area contributed by atoms with Crippen LogP contribution in [0.1, 0.15) is 55.7 Å². The van der Waals surface area contributed by atoms with Gasteiger partial charge in [0, 0.05) is 13.1 Å². The fourth-order valence-corrected chi connectivity index (χ4v) is 3.84. The molecule has 114 valence electrons. The summed E-state index contributed by atoms with van der Waals surface area (Å²) in [6.45, 7) is 5.74. The zero-order valence-corrected chi connectivity index (χ0v) is 13.2. The van der Waals surface area contributed by atoms with Crippen molar-refractivity contribution in [2.24, 2.45) is 11.1 Å². The molecule has 0 saturated heterocycles. The van der Waals surface area contributed by atoms with Crippen LogP contribution < -0.4 is 5.73 Å². The minimum Gasteiger partial charge on any atom is -0.333 e. The number of nitrogens with two attached hydrogens (primary N) is 1. The molecule has 0 radical (unpaired) electrons. The topological polar surface area (TPSA) is 46.3 Å². The maximum atomic E-state index is 12.8. The Hall–Kier alpha value is -1.35. The van der Waals surface area contributed by atoms with Gasteiger partial charge in [-0.3, -0.25) is 4.79 Å². The number of hydrogen-bond acceptors (Lipinski definition) is 2. The number of hydrogen-bond donors (Lipinski definition) is 1. The molecule has 21 heavy (non-hydrogen) atoms. The molecule has 1 aromatic rings. The normalized spacial score (nSPS) is 22.0. The van der Waals surface area contributed by atoms with Crippen molar-refractivity contribution in [3.05, 3.63) is 34.9 Å². The maximum absolute atomic E-state index is 12.8. The average Bonchev–Trinajstić information content (AvgIpc) is 2.89. The predicted octanol–water partition coefficient (Wildman–Crippen LogP) is 3.13. The molecule has 3 nitrogen and oxygen atoms in total. The van der Waals surface area contributed by atoms with Gasteiger partial charge in [0.2, 0.25) is 5.91 Å². The second kappa shape index (κ2) is 5.45. The molecule has 3 rings (SSSR count). The molecule has 1 fully saturated rings. The van der Waals surface area contributed by atoms with Gasteiger partial charge in [-0.05, 0) is 36.3 Å². The van der Waals surface area contributed by atoms with Crippen LogP contribution in [0.3, 0.4) is 0 Å². The van der Waals surface area contributed by atoms with Gasteiger partial charge in [-0.2, -0.15) is 0 Å². The van der Waals surface area contributed by atoms with Gasteiger partial charge in [-0.25, -0.2) is 0 Å². The quantitative estimate of drug-likeness (QED) is 0.908. The largest absolute Gasteiger partial charge is 0.333 e. The minimum atomic E-state index is -0.354. The number of aryl methyl sites for hydroxylation is 1. The van der Waals surface area contributed by atoms with E-state index >= 15 is 0 Å². The molecule has 1 amide bonds. The standard InChI is InChI=1S/C18H26N2O/c1-13-6-7-14-11-20(12-15(14)10-13)17(21)16(19)18(2)8-4-3-5-9-18/h6-7,10,16H,3-5,8-9,11-12,19H2,1-2H3/t16-/m1/s1. The van der Waals surface area contributed by atoms with Crippen molar-refractivity contribution in [1.82, 2.24) is 4.90 Å². The summed E-state index contributed by atoms with van der Waals surface area (Å²) in [6.07, 6.45) is 5.86. The van der Waals surface area contributed by atoms with E-state index in [4.69, 9.17) is 5.73 Å². The Morgan fingerprint density at radius 1 is 1.19 bits per heavy atom. The maximum Gasteiger partial charge on any atom is 0.240 e. The highest BCUT2D eigenvalue weighted by molar-refractivity contribution is 5.83. The summed E-state index contributed by atoms with van der Waals surface area (Å²) in [5.41, 5.74) is 10.2. The van der Waals surface area contributed by atoms with Crippen LogP contribution in [0.15, 0.2) is 18.2 Å². The molecule has 1 aliphatic carbocycles. The van der Waals surface area contributed by atoms with E-state index in [1.165, 1.54) is 36.0 Å². The lowest BCUT2D eigenvalue weighted by Gasteiger charge is -2.39. The molecule has 2 N–H and O–H groups in total. The number of amides is 1. The SMILES string of the molecule is Cc1ccc2c(c1)CN(C(=O)[C@@H](N)C1(C)CCCCC1)C2. The van der Waals surface area contributed by atoms with E-state index in [9.17, 15) is 4.79 Å². The molecule has 0 spiro atoms. The van der Waals surface area contributed by atoms with Crippen molar-refractivity contribution in [3.8, 4) is 0 Å². The van der Waals surface area contributed by atoms with E-state index in [1.54, 1.807) is 0 Å². The molecule has 1 aromatic carbocycles. The number of nitrogens with zero attached hydrogens (tertiary/aromatic N) is 1. The van der Waals surface area contributed by atoms with Gasteiger partial charge in [-0.15, -0.1) is 0 Å². The molecule has 1 aliphatic heterocycles. The first-order valence-electron chi connectivity index (χ1n) is 8.12. The highest BCUT2D eigenvalue weighted by Crippen LogP contribution is 2.39. The van der Waals surface area contributed by atoms with Crippen LogP contribution in [0.2, 0.25) is 0 Å². The van der Waals surface area contributed by atoms with Crippen LogP contribution in [0.4, 0.5) is 0 Å². The van der Waals surface area contributed by atoms with Gasteiger partial charge in [0.05, 0.1) is 6.04 Å². The average molecular weight is 286 g/mol. The van der Waals surface area contributed by atoms with Crippen molar-refractivity contribution in [2.45, 2.75) is 65.1 Å². The Balaban J connectivity index is 1.72. The van der Waals surface area contributed by atoms with Crippen molar-refractivity contribution in [1.29, 1.82) is 0 Å². The first-order chi connectivity index (χ1) is 9.99. The summed E-state index contributed by atoms with van der Waals surface area (Å²) in [7, 11) is 0. The summed E-state index contributed by atoms with van der Waals surface area (Å²) in [5.74, 6) is 0.133. The number of carbonyl (C=O) groups excluding carboxylic acids is 1. The van der Waals surface area contributed by atoms with Crippen molar-refractivity contribution >= 4 is 5.91 Å². The molecule has 1 heterocycles. The first-order valence-corrected chi connectivity index (χ1v) is 8.12. The van der Waals surface area contributed by atoms with E-state index in [1.807, 2.05) is 4.90 Å². The van der Waals surface area contributed by atoms with Crippen LogP contribution in [0.5, 0.6) is 0 Å². The van der Waals surface area contributed by atoms with Crippen molar-refractivity contribution in [3.63, 3.8) is 0 Å². The Morgan fingerprint density at radius 2 is 1.86 bits per heavy atom. The van der Waals surface area contributed by atoms with E-state index < -0.39 is 0 Å². The number of benzene rings is 1. The zero-order chi connectivity index (χ0) is 15.0. The summed E-state index contributed by atoms with van der Waals surface area (Å²) in [5, 5.41) is 0. The van der Waals surface area contributed by atoms with E-state index in [0.717, 1.165) is 25.9 Å². The lowest BCUT2D eigenvalue weighted by molar-refractivity contribution is -0.136. The summed E-state index contributed by atoms with van der Waals surface area (Å²) in [6, 6.07) is 6.10. The van der Waals surface area contributed by atoms with Crippen LogP contribution in [-0.2, 0) is 17.9 Å². The Bertz CT molecular complexity index is 546. The second-order valence-electron chi connectivity index (χ2n) is 7.16. The highest BCUT2D eigenvalue weighted by atomic mass is 16.2. The number of fused-ring (bicyclic) bond motifs is 1. The molecular weight excluding hydrogens is 260 g/mol. The van der Waals surface area contributed by atoms with Gasteiger partial charge >= 0.3 is 0 Å². The zero-order valence-electron chi connectivity index (χ0n) is 13.2. The van der Waals surface area contributed by atoms with Gasteiger partial charge in [-0.1, -0.05) is 49.9 Å². The predicted molar refractivity (Wildman–Crippen MR) is 84.6 cm³/mol. The van der Waals surface area contributed by atoms with E-state index in [-0.39, 0.29) is 17.4 Å². The fourth-order valence-electron chi connectivity index (χ4n) is 3.84. The van der Waals surface area contributed by atoms with Crippen molar-refractivity contribution < 1.29 is 4.79 Å². The lowest BCUT2D eigenvalue weighted by atomic mass is 9.70. The van der Waals surface area contributed by atoms with Crippen LogP contribution in [0.25, 0.3) is 0 Å². The third kappa shape index (κ3) is 2.71. The lowest BCUT2D eigenvalue weighted by Crippen LogP contribution is -2.51. The minimum absolute atomic E-state index is 0.0139. The summed E-state index contributed by atoms with van der Waals surface area (Å²) in [4.78, 5) is 14.7. The first kappa shape index (κ1) is 14.6. The molecule has 3 heteroatoms. The molecule has 0 bridgehead atoms. The van der Waals surface area contributed by atoms with E-state index in [2.05, 4.69) is 32.0 Å². The summed E-state index contributed by atoms with van der Waals surface area (Å²) < 4.78 is 0. The number of rotatable bonds is 2. The van der Waals surface area contributed by atoms with Crippen LogP contribution in [-0.4, -0.2) is 16.8 Å². The van der Waals surface area contributed by atoms with Crippen molar-refractivity contribution in [2.75, 3.05) is 0 Å². The van der Waals surface area contributed by atoms with Crippen LogP contribution >= 0.6 is 0 Å². The number of carbonyl (C=O) groups is 1. The molecule has 0 aromatic heterocycles. The van der Waals surface area contributed by atoms with Gasteiger partial charge in [0.15, 0.2) is 0 Å². The highest BCUT2D eigenvalue weighted by Gasteiger charge is 2.40.